The van der Waals surface area contributed by atoms with Crippen LogP contribution in [-0.4, -0.2) is 12.5 Å². The van der Waals surface area contributed by atoms with Crippen molar-refractivity contribution in [2.75, 3.05) is 12.0 Å². The maximum Gasteiger partial charge on any atom is 0.251 e. The van der Waals surface area contributed by atoms with Crippen molar-refractivity contribution in [3.63, 3.8) is 0 Å². The molecule has 1 amide bonds. The van der Waals surface area contributed by atoms with Crippen LogP contribution in [0.3, 0.4) is 0 Å². The summed E-state index contributed by atoms with van der Waals surface area (Å²) in [5.74, 6) is 6.86. The standard InChI is InChI=1S/C16H25N3O/c1-2-12-3-5-13(6-4-12)11-18-16(20)14-7-9-15(19-17)10-8-14/h7-10,12-13,19H,2-6,11,17H2,1H3,(H,18,20). The van der Waals surface area contributed by atoms with E-state index < -0.39 is 0 Å². The van der Waals surface area contributed by atoms with Gasteiger partial charge in [0.25, 0.3) is 5.91 Å². The fraction of sp³-hybridized carbons (Fsp3) is 0.562. The van der Waals surface area contributed by atoms with Crippen molar-refractivity contribution in [3.8, 4) is 0 Å². The maximum atomic E-state index is 12.0. The van der Waals surface area contributed by atoms with Crippen molar-refractivity contribution in [1.29, 1.82) is 0 Å². The van der Waals surface area contributed by atoms with E-state index in [2.05, 4.69) is 17.7 Å². The molecule has 1 saturated carbocycles. The van der Waals surface area contributed by atoms with Gasteiger partial charge in [0.05, 0.1) is 0 Å². The predicted octanol–water partition coefficient (Wildman–Crippen LogP) is 2.92. The Morgan fingerprint density at radius 3 is 2.30 bits per heavy atom. The molecular formula is C16H25N3O. The molecule has 0 spiro atoms. The van der Waals surface area contributed by atoms with Crippen LogP contribution in [0.4, 0.5) is 5.69 Å². The number of rotatable bonds is 5. The number of benzene rings is 1. The molecule has 1 aliphatic rings. The van der Waals surface area contributed by atoms with Crippen molar-refractivity contribution >= 4 is 11.6 Å². The van der Waals surface area contributed by atoms with Crippen LogP contribution in [0.5, 0.6) is 0 Å². The first-order valence-electron chi connectivity index (χ1n) is 7.57. The van der Waals surface area contributed by atoms with Gasteiger partial charge in [-0.15, -0.1) is 0 Å². The second-order valence-electron chi connectivity index (χ2n) is 5.73. The minimum absolute atomic E-state index is 0.00573. The molecule has 2 rings (SSSR count). The Morgan fingerprint density at radius 1 is 1.15 bits per heavy atom. The van der Waals surface area contributed by atoms with E-state index in [4.69, 9.17) is 5.84 Å². The number of hydrazine groups is 1. The average molecular weight is 275 g/mol. The van der Waals surface area contributed by atoms with Gasteiger partial charge >= 0.3 is 0 Å². The Kier molecular flexibility index (Phi) is 5.41. The molecule has 0 atom stereocenters. The van der Waals surface area contributed by atoms with Crippen LogP contribution in [0.25, 0.3) is 0 Å². The van der Waals surface area contributed by atoms with Crippen molar-refractivity contribution in [3.05, 3.63) is 29.8 Å². The van der Waals surface area contributed by atoms with Gasteiger partial charge in [-0.2, -0.15) is 0 Å². The summed E-state index contributed by atoms with van der Waals surface area (Å²) in [6, 6.07) is 7.19. The van der Waals surface area contributed by atoms with Crippen LogP contribution in [0.15, 0.2) is 24.3 Å². The molecule has 110 valence electrons. The Hall–Kier alpha value is -1.55. The highest BCUT2D eigenvalue weighted by molar-refractivity contribution is 5.94. The van der Waals surface area contributed by atoms with Crippen molar-refractivity contribution in [1.82, 2.24) is 5.32 Å². The first-order chi connectivity index (χ1) is 9.72. The van der Waals surface area contributed by atoms with Gasteiger partial charge in [-0.25, -0.2) is 0 Å². The maximum absolute atomic E-state index is 12.0. The number of anilines is 1. The summed E-state index contributed by atoms with van der Waals surface area (Å²) in [7, 11) is 0. The van der Waals surface area contributed by atoms with Crippen LogP contribution in [0.1, 0.15) is 49.4 Å². The number of nitrogen functional groups attached to an aromatic ring is 1. The van der Waals surface area contributed by atoms with Gasteiger partial charge in [0.1, 0.15) is 0 Å². The molecule has 0 heterocycles. The van der Waals surface area contributed by atoms with Crippen LogP contribution in [0.2, 0.25) is 0 Å². The number of hydrogen-bond acceptors (Lipinski definition) is 3. The van der Waals surface area contributed by atoms with E-state index in [1.807, 2.05) is 0 Å². The van der Waals surface area contributed by atoms with Gasteiger partial charge in [0.15, 0.2) is 0 Å². The first kappa shape index (κ1) is 14.9. The topological polar surface area (TPSA) is 67.2 Å². The molecule has 20 heavy (non-hydrogen) atoms. The number of carbonyl (C=O) groups excluding carboxylic acids is 1. The zero-order valence-corrected chi connectivity index (χ0v) is 12.2. The normalized spacial score (nSPS) is 22.3. The molecule has 4 nitrogen and oxygen atoms in total. The van der Waals surface area contributed by atoms with E-state index in [1.165, 1.54) is 32.1 Å². The fourth-order valence-corrected chi connectivity index (χ4v) is 2.90. The molecule has 1 fully saturated rings. The molecule has 0 saturated heterocycles. The molecule has 4 heteroatoms. The fourth-order valence-electron chi connectivity index (χ4n) is 2.90. The Bertz CT molecular complexity index is 422. The van der Waals surface area contributed by atoms with Crippen LogP contribution < -0.4 is 16.6 Å². The Morgan fingerprint density at radius 2 is 1.75 bits per heavy atom. The molecule has 0 aromatic heterocycles. The second kappa shape index (κ2) is 7.29. The van der Waals surface area contributed by atoms with Gasteiger partial charge < -0.3 is 10.7 Å². The van der Waals surface area contributed by atoms with Crippen LogP contribution >= 0.6 is 0 Å². The molecule has 1 aromatic carbocycles. The second-order valence-corrected chi connectivity index (χ2v) is 5.73. The lowest BCUT2D eigenvalue weighted by molar-refractivity contribution is 0.0941. The number of nitrogens with two attached hydrogens (primary N) is 1. The molecule has 0 radical (unpaired) electrons. The number of carbonyl (C=O) groups is 1. The van der Waals surface area contributed by atoms with E-state index in [0.717, 1.165) is 18.2 Å². The lowest BCUT2D eigenvalue weighted by Crippen LogP contribution is -2.31. The highest BCUT2D eigenvalue weighted by Crippen LogP contribution is 2.30. The highest BCUT2D eigenvalue weighted by atomic mass is 16.1. The predicted molar refractivity (Wildman–Crippen MR) is 82.3 cm³/mol. The van der Waals surface area contributed by atoms with Gasteiger partial charge in [-0.1, -0.05) is 26.2 Å². The third kappa shape index (κ3) is 3.97. The van der Waals surface area contributed by atoms with Crippen LogP contribution in [0, 0.1) is 11.8 Å². The molecule has 4 N–H and O–H groups in total. The first-order valence-corrected chi connectivity index (χ1v) is 7.57. The third-order valence-electron chi connectivity index (χ3n) is 4.41. The number of hydrogen-bond donors (Lipinski definition) is 3. The Balaban J connectivity index is 1.77. The Labute approximate surface area is 121 Å². The summed E-state index contributed by atoms with van der Waals surface area (Å²) in [5.41, 5.74) is 4.05. The quantitative estimate of drug-likeness (QED) is 0.572. The van der Waals surface area contributed by atoms with E-state index in [9.17, 15) is 4.79 Å². The largest absolute Gasteiger partial charge is 0.352 e. The lowest BCUT2D eigenvalue weighted by atomic mass is 9.81. The minimum atomic E-state index is 0.00573. The molecule has 0 bridgehead atoms. The van der Waals surface area contributed by atoms with Gasteiger partial charge in [-0.05, 0) is 48.9 Å². The van der Waals surface area contributed by atoms with Crippen molar-refractivity contribution in [2.45, 2.75) is 39.0 Å². The van der Waals surface area contributed by atoms with Gasteiger partial charge in [0, 0.05) is 17.8 Å². The number of amides is 1. The van der Waals surface area contributed by atoms with E-state index in [0.29, 0.717) is 11.5 Å². The molecule has 1 aliphatic carbocycles. The zero-order valence-electron chi connectivity index (χ0n) is 12.2. The van der Waals surface area contributed by atoms with Crippen molar-refractivity contribution < 1.29 is 4.79 Å². The molecule has 1 aromatic rings. The summed E-state index contributed by atoms with van der Waals surface area (Å²) < 4.78 is 0. The minimum Gasteiger partial charge on any atom is -0.352 e. The lowest BCUT2D eigenvalue weighted by Gasteiger charge is -2.27. The van der Waals surface area contributed by atoms with Gasteiger partial charge in [-0.3, -0.25) is 10.6 Å². The number of nitrogens with one attached hydrogen (secondary N) is 2. The monoisotopic (exact) mass is 275 g/mol. The van der Waals surface area contributed by atoms with E-state index >= 15 is 0 Å². The average Bonchev–Trinajstić information content (AvgIpc) is 2.53. The zero-order chi connectivity index (χ0) is 14.4. The summed E-state index contributed by atoms with van der Waals surface area (Å²) in [6.07, 6.45) is 6.41. The third-order valence-corrected chi connectivity index (χ3v) is 4.41. The van der Waals surface area contributed by atoms with Crippen LogP contribution in [-0.2, 0) is 0 Å². The molecular weight excluding hydrogens is 250 g/mol. The SMILES string of the molecule is CCC1CCC(CNC(=O)c2ccc(NN)cc2)CC1. The van der Waals surface area contributed by atoms with Crippen molar-refractivity contribution in [2.24, 2.45) is 17.7 Å². The van der Waals surface area contributed by atoms with E-state index in [-0.39, 0.29) is 5.91 Å². The summed E-state index contributed by atoms with van der Waals surface area (Å²) in [5, 5.41) is 3.05. The molecule has 0 aliphatic heterocycles. The summed E-state index contributed by atoms with van der Waals surface area (Å²) in [4.78, 5) is 12.0. The van der Waals surface area contributed by atoms with E-state index in [1.54, 1.807) is 24.3 Å². The smallest absolute Gasteiger partial charge is 0.251 e. The molecule has 0 unspecified atom stereocenters. The van der Waals surface area contributed by atoms with Gasteiger partial charge in [0.2, 0.25) is 0 Å². The summed E-state index contributed by atoms with van der Waals surface area (Å²) in [6.45, 7) is 3.07. The summed E-state index contributed by atoms with van der Waals surface area (Å²) >= 11 is 0. The highest BCUT2D eigenvalue weighted by Gasteiger charge is 2.20.